The Labute approximate surface area is 141 Å². The Hall–Kier alpha value is -1.61. The van der Waals surface area contributed by atoms with Gasteiger partial charge in [0.05, 0.1) is 7.05 Å². The van der Waals surface area contributed by atoms with Crippen LogP contribution in [0.2, 0.25) is 0 Å². The summed E-state index contributed by atoms with van der Waals surface area (Å²) in [6.07, 6.45) is 4.28. The van der Waals surface area contributed by atoms with Gasteiger partial charge in [0.15, 0.2) is 0 Å². The SMILES string of the molecule is Cc1n(Cc2cc(C(C)(C)C)cc(C(C)(C)C)c2)cc[n+]1C.[OH-]. The highest BCUT2D eigenvalue weighted by molar-refractivity contribution is 5.37. The summed E-state index contributed by atoms with van der Waals surface area (Å²) in [5, 5.41) is 0. The molecule has 23 heavy (non-hydrogen) atoms. The first kappa shape index (κ1) is 19.4. The fourth-order valence-electron chi connectivity index (χ4n) is 2.61. The van der Waals surface area contributed by atoms with Gasteiger partial charge < -0.3 is 5.48 Å². The molecule has 1 heterocycles. The monoisotopic (exact) mass is 316 g/mol. The second-order valence-electron chi connectivity index (χ2n) is 8.50. The summed E-state index contributed by atoms with van der Waals surface area (Å²) in [5.74, 6) is 1.28. The van der Waals surface area contributed by atoms with Gasteiger partial charge >= 0.3 is 0 Å². The smallest absolute Gasteiger partial charge is 0.253 e. The topological polar surface area (TPSA) is 38.8 Å². The lowest BCUT2D eigenvalue weighted by atomic mass is 9.79. The molecule has 0 bridgehead atoms. The van der Waals surface area contributed by atoms with E-state index in [4.69, 9.17) is 0 Å². The van der Waals surface area contributed by atoms with Gasteiger partial charge in [-0.05, 0) is 27.5 Å². The van der Waals surface area contributed by atoms with Crippen LogP contribution in [-0.4, -0.2) is 10.0 Å². The number of hydrogen-bond donors (Lipinski definition) is 0. The van der Waals surface area contributed by atoms with Crippen LogP contribution in [0, 0.1) is 6.92 Å². The first-order chi connectivity index (χ1) is 9.98. The van der Waals surface area contributed by atoms with Gasteiger partial charge in [0.25, 0.3) is 5.82 Å². The van der Waals surface area contributed by atoms with E-state index in [0.717, 1.165) is 6.54 Å². The molecule has 0 unspecified atom stereocenters. The molecule has 3 heteroatoms. The molecule has 0 aliphatic rings. The molecular weight excluding hydrogens is 284 g/mol. The van der Waals surface area contributed by atoms with Crippen molar-refractivity contribution in [2.45, 2.75) is 65.8 Å². The van der Waals surface area contributed by atoms with E-state index in [1.165, 1.54) is 22.5 Å². The van der Waals surface area contributed by atoms with Crippen molar-refractivity contribution in [3.63, 3.8) is 0 Å². The zero-order valence-corrected chi connectivity index (χ0v) is 15.9. The number of imidazole rings is 1. The highest BCUT2D eigenvalue weighted by atomic mass is 16.0. The third-order valence-corrected chi connectivity index (χ3v) is 4.47. The van der Waals surface area contributed by atoms with Crippen LogP contribution in [0.1, 0.15) is 64.1 Å². The van der Waals surface area contributed by atoms with E-state index in [1.807, 2.05) is 0 Å². The maximum absolute atomic E-state index is 2.38. The average Bonchev–Trinajstić information content (AvgIpc) is 2.68. The number of benzene rings is 1. The summed E-state index contributed by atoms with van der Waals surface area (Å²) in [7, 11) is 2.10. The molecule has 0 aliphatic heterocycles. The van der Waals surface area contributed by atoms with Crippen LogP contribution in [0.4, 0.5) is 0 Å². The number of hydrogen-bond acceptors (Lipinski definition) is 1. The summed E-state index contributed by atoms with van der Waals surface area (Å²) in [6, 6.07) is 7.12. The van der Waals surface area contributed by atoms with Gasteiger partial charge in [-0.3, -0.25) is 0 Å². The fourth-order valence-corrected chi connectivity index (χ4v) is 2.61. The molecule has 128 valence electrons. The summed E-state index contributed by atoms with van der Waals surface area (Å²) in [6.45, 7) is 16.8. The van der Waals surface area contributed by atoms with E-state index in [0.29, 0.717) is 0 Å². The fraction of sp³-hybridized carbons (Fsp3) is 0.550. The first-order valence-electron chi connectivity index (χ1n) is 8.15. The van der Waals surface area contributed by atoms with E-state index < -0.39 is 0 Å². The van der Waals surface area contributed by atoms with Crippen molar-refractivity contribution in [3.8, 4) is 0 Å². The first-order valence-corrected chi connectivity index (χ1v) is 8.15. The molecule has 0 amide bonds. The lowest BCUT2D eigenvalue weighted by molar-refractivity contribution is -0.677. The predicted octanol–water partition coefficient (Wildman–Crippen LogP) is 4.09. The summed E-state index contributed by atoms with van der Waals surface area (Å²) in [4.78, 5) is 0. The molecule has 2 aromatic rings. The Kier molecular flexibility index (Phi) is 5.48. The van der Waals surface area contributed by atoms with Gasteiger partial charge in [-0.25, -0.2) is 9.13 Å². The number of aromatic nitrogens is 2. The van der Waals surface area contributed by atoms with Crippen LogP contribution >= 0.6 is 0 Å². The minimum atomic E-state index is 0. The Morgan fingerprint density at radius 3 is 1.74 bits per heavy atom. The van der Waals surface area contributed by atoms with Gasteiger partial charge in [0.1, 0.15) is 18.9 Å². The summed E-state index contributed by atoms with van der Waals surface area (Å²) in [5.41, 5.74) is 4.57. The van der Waals surface area contributed by atoms with Gasteiger partial charge in [0, 0.05) is 6.92 Å². The molecule has 3 nitrogen and oxygen atoms in total. The van der Waals surface area contributed by atoms with Crippen LogP contribution in [0.25, 0.3) is 0 Å². The van der Waals surface area contributed by atoms with Gasteiger partial charge in [-0.1, -0.05) is 59.7 Å². The molecule has 2 rings (SSSR count). The Balaban J connectivity index is 0.00000264. The van der Waals surface area contributed by atoms with E-state index in [9.17, 15) is 0 Å². The van der Waals surface area contributed by atoms with E-state index >= 15 is 0 Å². The third-order valence-electron chi connectivity index (χ3n) is 4.47. The van der Waals surface area contributed by atoms with Crippen LogP contribution < -0.4 is 4.57 Å². The Bertz CT molecular complexity index is 638. The molecule has 0 radical (unpaired) electrons. The van der Waals surface area contributed by atoms with Crippen molar-refractivity contribution in [2.24, 2.45) is 7.05 Å². The maximum atomic E-state index is 2.38. The molecule has 0 saturated heterocycles. The second-order valence-corrected chi connectivity index (χ2v) is 8.50. The molecule has 1 N–H and O–H groups in total. The Morgan fingerprint density at radius 2 is 1.39 bits per heavy atom. The van der Waals surface area contributed by atoms with E-state index in [2.05, 4.69) is 95.2 Å². The minimum absolute atomic E-state index is 0. The van der Waals surface area contributed by atoms with Crippen LogP contribution in [-0.2, 0) is 24.4 Å². The number of rotatable bonds is 2. The van der Waals surface area contributed by atoms with Gasteiger partial charge in [-0.2, -0.15) is 0 Å². The molecule has 0 saturated carbocycles. The van der Waals surface area contributed by atoms with Crippen LogP contribution in [0.3, 0.4) is 0 Å². The average molecular weight is 316 g/mol. The van der Waals surface area contributed by atoms with E-state index in [-0.39, 0.29) is 16.3 Å². The van der Waals surface area contributed by atoms with Crippen molar-refractivity contribution < 1.29 is 10.0 Å². The van der Waals surface area contributed by atoms with Gasteiger partial charge in [0.2, 0.25) is 0 Å². The zero-order chi connectivity index (χ0) is 16.7. The molecule has 0 spiro atoms. The Morgan fingerprint density at radius 1 is 0.913 bits per heavy atom. The molecule has 1 aromatic carbocycles. The summed E-state index contributed by atoms with van der Waals surface area (Å²) >= 11 is 0. The third kappa shape index (κ3) is 4.44. The second kappa shape index (κ2) is 6.48. The quantitative estimate of drug-likeness (QED) is 0.769. The number of nitrogens with zero attached hydrogens (tertiary/aromatic N) is 2. The normalized spacial score (nSPS) is 12.2. The molecule has 1 aromatic heterocycles. The summed E-state index contributed by atoms with van der Waals surface area (Å²) < 4.78 is 4.48. The maximum Gasteiger partial charge on any atom is 0.253 e. The molecule has 0 atom stereocenters. The molecule has 0 fully saturated rings. The van der Waals surface area contributed by atoms with Crippen molar-refractivity contribution in [1.82, 2.24) is 4.57 Å². The molecule has 0 aliphatic carbocycles. The van der Waals surface area contributed by atoms with Crippen LogP contribution in [0.5, 0.6) is 0 Å². The largest absolute Gasteiger partial charge is 0.870 e. The van der Waals surface area contributed by atoms with Crippen molar-refractivity contribution >= 4 is 0 Å². The highest BCUT2D eigenvalue weighted by Crippen LogP contribution is 2.30. The lowest BCUT2D eigenvalue weighted by Gasteiger charge is -2.26. The predicted molar refractivity (Wildman–Crippen MR) is 95.2 cm³/mol. The van der Waals surface area contributed by atoms with Crippen molar-refractivity contribution in [2.75, 3.05) is 0 Å². The van der Waals surface area contributed by atoms with Gasteiger partial charge in [-0.15, -0.1) is 0 Å². The highest BCUT2D eigenvalue weighted by Gasteiger charge is 2.21. The lowest BCUT2D eigenvalue weighted by Crippen LogP contribution is -2.29. The van der Waals surface area contributed by atoms with Crippen LogP contribution in [0.15, 0.2) is 30.6 Å². The van der Waals surface area contributed by atoms with E-state index in [1.54, 1.807) is 0 Å². The van der Waals surface area contributed by atoms with Crippen molar-refractivity contribution in [3.05, 3.63) is 53.1 Å². The number of aryl methyl sites for hydroxylation is 1. The minimum Gasteiger partial charge on any atom is -0.870 e. The standard InChI is InChI=1S/C20H31N2.H2O/c1-15-21(8)9-10-22(15)14-16-11-17(19(2,3)4)13-18(12-16)20(5,6)7;/h9-13H,14H2,1-8H3;1H2/q+1;/p-1. The van der Waals surface area contributed by atoms with Crippen molar-refractivity contribution in [1.29, 1.82) is 0 Å². The molecular formula is C20H32N2O. The zero-order valence-electron chi connectivity index (χ0n) is 15.9.